The van der Waals surface area contributed by atoms with E-state index in [9.17, 15) is 13.2 Å². The Kier molecular flexibility index (Phi) is 3.62. The van der Waals surface area contributed by atoms with Crippen molar-refractivity contribution in [3.8, 4) is 11.5 Å². The number of fused-ring (bicyclic) bond motifs is 1. The Bertz CT molecular complexity index is 659. The molecule has 0 spiro atoms. The zero-order valence-corrected chi connectivity index (χ0v) is 12.1. The summed E-state index contributed by atoms with van der Waals surface area (Å²) >= 11 is 0. The predicted octanol–water partition coefficient (Wildman–Crippen LogP) is 0.971. The van der Waals surface area contributed by atoms with E-state index in [4.69, 9.17) is 9.47 Å². The van der Waals surface area contributed by atoms with E-state index in [1.54, 1.807) is 18.2 Å². The van der Waals surface area contributed by atoms with Gasteiger partial charge < -0.3 is 20.1 Å². The van der Waals surface area contributed by atoms with Gasteiger partial charge in [0.25, 0.3) is 0 Å². The van der Waals surface area contributed by atoms with E-state index in [0.717, 1.165) is 0 Å². The maximum absolute atomic E-state index is 11.8. The lowest BCUT2D eigenvalue weighted by atomic mass is 10.1. The molecular weight excluding hydrogens is 296 g/mol. The fourth-order valence-electron chi connectivity index (χ4n) is 2.42. The summed E-state index contributed by atoms with van der Waals surface area (Å²) in [6.45, 7) is 0.538. The maximum Gasteiger partial charge on any atom is 0.319 e. The molecule has 114 valence electrons. The topological polar surface area (TPSA) is 93.7 Å². The van der Waals surface area contributed by atoms with E-state index in [2.05, 4.69) is 10.6 Å². The number of ether oxygens (including phenoxy) is 2. The van der Waals surface area contributed by atoms with Crippen LogP contribution in [0.2, 0.25) is 0 Å². The minimum Gasteiger partial charge on any atom is -0.454 e. The molecule has 0 aliphatic carbocycles. The number of amides is 2. The van der Waals surface area contributed by atoms with Crippen LogP contribution in [0.4, 0.5) is 10.5 Å². The van der Waals surface area contributed by atoms with Crippen molar-refractivity contribution in [1.29, 1.82) is 0 Å². The Hall–Kier alpha value is -1.96. The van der Waals surface area contributed by atoms with Gasteiger partial charge in [-0.1, -0.05) is 0 Å². The van der Waals surface area contributed by atoms with E-state index in [-0.39, 0.29) is 30.2 Å². The Balaban J connectivity index is 1.50. The standard InChI is InChI=1S/C13H16N2O5S/c16-13(14-6-9-3-4-21(17,18)7-9)15-10-1-2-11-12(5-10)20-8-19-11/h1-2,5,9H,3-4,6-8H2,(H2,14,15,16)/t9-/m1/s1. The minimum absolute atomic E-state index is 0.00231. The summed E-state index contributed by atoms with van der Waals surface area (Å²) in [4.78, 5) is 11.8. The van der Waals surface area contributed by atoms with Gasteiger partial charge in [0.05, 0.1) is 11.5 Å². The summed E-state index contributed by atoms with van der Waals surface area (Å²) in [6, 6.07) is 4.76. The summed E-state index contributed by atoms with van der Waals surface area (Å²) in [6.07, 6.45) is 0.604. The average molecular weight is 312 g/mol. The van der Waals surface area contributed by atoms with E-state index >= 15 is 0 Å². The first kappa shape index (κ1) is 14.0. The van der Waals surface area contributed by atoms with E-state index in [1.165, 1.54) is 0 Å². The first-order valence-corrected chi connectivity index (χ1v) is 8.49. The van der Waals surface area contributed by atoms with Crippen LogP contribution in [0.1, 0.15) is 6.42 Å². The molecule has 0 unspecified atom stereocenters. The Morgan fingerprint density at radius 2 is 2.10 bits per heavy atom. The second-order valence-corrected chi connectivity index (χ2v) is 7.40. The molecule has 1 aromatic carbocycles. The quantitative estimate of drug-likeness (QED) is 0.867. The van der Waals surface area contributed by atoms with Crippen LogP contribution in [0.5, 0.6) is 11.5 Å². The lowest BCUT2D eigenvalue weighted by Gasteiger charge is -2.11. The van der Waals surface area contributed by atoms with Gasteiger partial charge in [-0.15, -0.1) is 0 Å². The number of rotatable bonds is 3. The molecule has 0 bridgehead atoms. The fraction of sp³-hybridized carbons (Fsp3) is 0.462. The molecule has 2 aliphatic heterocycles. The monoisotopic (exact) mass is 312 g/mol. The summed E-state index contributed by atoms with van der Waals surface area (Å²) in [5.41, 5.74) is 0.593. The lowest BCUT2D eigenvalue weighted by Crippen LogP contribution is -2.33. The van der Waals surface area contributed by atoms with E-state index < -0.39 is 9.84 Å². The van der Waals surface area contributed by atoms with Crippen molar-refractivity contribution < 1.29 is 22.7 Å². The molecule has 2 aliphatic rings. The fourth-order valence-corrected chi connectivity index (χ4v) is 4.28. The SMILES string of the molecule is O=C(NC[C@H]1CCS(=O)(=O)C1)Nc1ccc2c(c1)OCO2. The highest BCUT2D eigenvalue weighted by Gasteiger charge is 2.27. The largest absolute Gasteiger partial charge is 0.454 e. The van der Waals surface area contributed by atoms with E-state index in [1.807, 2.05) is 0 Å². The maximum atomic E-state index is 11.8. The van der Waals surface area contributed by atoms with Crippen LogP contribution in [0, 0.1) is 5.92 Å². The number of hydrogen-bond donors (Lipinski definition) is 2. The predicted molar refractivity (Wildman–Crippen MR) is 76.3 cm³/mol. The lowest BCUT2D eigenvalue weighted by molar-refractivity contribution is 0.174. The minimum atomic E-state index is -2.91. The van der Waals surface area contributed by atoms with Gasteiger partial charge in [0.1, 0.15) is 0 Å². The molecule has 1 atom stereocenters. The van der Waals surface area contributed by atoms with Crippen molar-refractivity contribution in [2.24, 2.45) is 5.92 Å². The first-order chi connectivity index (χ1) is 10.0. The highest BCUT2D eigenvalue weighted by atomic mass is 32.2. The summed E-state index contributed by atoms with van der Waals surface area (Å²) in [7, 11) is -2.91. The number of carbonyl (C=O) groups excluding carboxylic acids is 1. The van der Waals surface area contributed by atoms with Crippen LogP contribution >= 0.6 is 0 Å². The number of carbonyl (C=O) groups is 1. The number of nitrogens with one attached hydrogen (secondary N) is 2. The Morgan fingerprint density at radius 3 is 2.86 bits per heavy atom. The Labute approximate surface area is 122 Å². The van der Waals surface area contributed by atoms with Crippen LogP contribution in [0.15, 0.2) is 18.2 Å². The van der Waals surface area contributed by atoms with Gasteiger partial charge in [0.2, 0.25) is 6.79 Å². The van der Waals surface area contributed by atoms with Crippen LogP contribution in [-0.2, 0) is 9.84 Å². The van der Waals surface area contributed by atoms with Crippen LogP contribution in [0.3, 0.4) is 0 Å². The molecule has 1 fully saturated rings. The van der Waals surface area contributed by atoms with Crippen LogP contribution < -0.4 is 20.1 Å². The number of hydrogen-bond acceptors (Lipinski definition) is 5. The number of sulfone groups is 1. The van der Waals surface area contributed by atoms with Crippen LogP contribution in [-0.4, -0.2) is 39.3 Å². The van der Waals surface area contributed by atoms with Gasteiger partial charge in [-0.2, -0.15) is 0 Å². The molecule has 0 aromatic heterocycles. The van der Waals surface area contributed by atoms with Crippen molar-refractivity contribution >= 4 is 21.6 Å². The van der Waals surface area contributed by atoms with Gasteiger partial charge >= 0.3 is 6.03 Å². The molecular formula is C13H16N2O5S. The molecule has 0 saturated carbocycles. The molecule has 2 heterocycles. The molecule has 3 rings (SSSR count). The third-order valence-electron chi connectivity index (χ3n) is 3.51. The molecule has 0 radical (unpaired) electrons. The number of anilines is 1. The van der Waals surface area contributed by atoms with Crippen molar-refractivity contribution in [3.63, 3.8) is 0 Å². The Morgan fingerprint density at radius 1 is 1.29 bits per heavy atom. The zero-order valence-electron chi connectivity index (χ0n) is 11.3. The van der Waals surface area contributed by atoms with Crippen molar-refractivity contribution in [2.45, 2.75) is 6.42 Å². The van der Waals surface area contributed by atoms with Gasteiger partial charge in [0, 0.05) is 18.3 Å². The van der Waals surface area contributed by atoms with Crippen molar-refractivity contribution in [2.75, 3.05) is 30.2 Å². The smallest absolute Gasteiger partial charge is 0.319 e. The third kappa shape index (κ3) is 3.38. The number of urea groups is 1. The second-order valence-electron chi connectivity index (χ2n) is 5.17. The highest BCUT2D eigenvalue weighted by Crippen LogP contribution is 2.34. The second kappa shape index (κ2) is 5.44. The van der Waals surface area contributed by atoms with Crippen LogP contribution in [0.25, 0.3) is 0 Å². The van der Waals surface area contributed by atoms with Crippen molar-refractivity contribution in [3.05, 3.63) is 18.2 Å². The normalized spacial score (nSPS) is 22.0. The van der Waals surface area contributed by atoms with Gasteiger partial charge in [0.15, 0.2) is 21.3 Å². The molecule has 1 saturated heterocycles. The first-order valence-electron chi connectivity index (χ1n) is 6.67. The molecule has 1 aromatic rings. The average Bonchev–Trinajstić information content (AvgIpc) is 3.02. The van der Waals surface area contributed by atoms with Gasteiger partial charge in [-0.05, 0) is 24.5 Å². The molecule has 2 amide bonds. The zero-order chi connectivity index (χ0) is 14.9. The number of benzene rings is 1. The van der Waals surface area contributed by atoms with E-state index in [0.29, 0.717) is 30.2 Å². The summed E-state index contributed by atoms with van der Waals surface area (Å²) in [5, 5.41) is 5.37. The summed E-state index contributed by atoms with van der Waals surface area (Å²) in [5.74, 6) is 1.60. The summed E-state index contributed by atoms with van der Waals surface area (Å²) < 4.78 is 33.1. The molecule has 8 heteroatoms. The van der Waals surface area contributed by atoms with Crippen molar-refractivity contribution in [1.82, 2.24) is 5.32 Å². The molecule has 21 heavy (non-hydrogen) atoms. The van der Waals surface area contributed by atoms with Gasteiger partial charge in [-0.25, -0.2) is 13.2 Å². The molecule has 7 nitrogen and oxygen atoms in total. The molecule has 2 N–H and O–H groups in total. The highest BCUT2D eigenvalue weighted by molar-refractivity contribution is 7.91. The third-order valence-corrected chi connectivity index (χ3v) is 5.35. The van der Waals surface area contributed by atoms with Gasteiger partial charge in [-0.3, -0.25) is 0 Å².